The van der Waals surface area contributed by atoms with E-state index in [1.54, 1.807) is 10.8 Å². The Bertz CT molecular complexity index is 486. The molecule has 0 amide bonds. The van der Waals surface area contributed by atoms with E-state index >= 15 is 0 Å². The number of rotatable bonds is 1. The van der Waals surface area contributed by atoms with Gasteiger partial charge in [0.2, 0.25) is 0 Å². The van der Waals surface area contributed by atoms with Crippen LogP contribution in [0.4, 0.5) is 0 Å². The molecule has 3 heterocycles. The lowest BCUT2D eigenvalue weighted by atomic mass is 10.0. The van der Waals surface area contributed by atoms with Crippen LogP contribution in [0, 0.1) is 0 Å². The number of fused-ring (bicyclic) bond motifs is 3. The summed E-state index contributed by atoms with van der Waals surface area (Å²) < 4.78 is 13.0. The summed E-state index contributed by atoms with van der Waals surface area (Å²) in [6.45, 7) is 1.87. The number of hydrogen-bond acceptors (Lipinski definition) is 5. The summed E-state index contributed by atoms with van der Waals surface area (Å²) in [5, 5.41) is 9.07. The molecule has 6 heteroatoms. The van der Waals surface area contributed by atoms with E-state index in [0.29, 0.717) is 6.42 Å². The number of ether oxygens (including phenoxy) is 2. The Morgan fingerprint density at radius 3 is 3.31 bits per heavy atom. The molecule has 0 saturated carbocycles. The minimum Gasteiger partial charge on any atom is -0.453 e. The Hall–Kier alpha value is -1.40. The molecule has 16 heavy (non-hydrogen) atoms. The zero-order chi connectivity index (χ0) is 11.3. The summed E-state index contributed by atoms with van der Waals surface area (Å²) in [5.41, 5.74) is -0.866. The molecule has 1 aromatic rings. The molecular formula is C10H12N2O4. The van der Waals surface area contributed by atoms with E-state index in [0.717, 1.165) is 0 Å². The van der Waals surface area contributed by atoms with Gasteiger partial charge in [0.1, 0.15) is 0 Å². The van der Waals surface area contributed by atoms with Crippen LogP contribution in [-0.2, 0) is 4.74 Å². The Balaban J connectivity index is 2.03. The highest BCUT2D eigenvalue weighted by atomic mass is 16.6. The van der Waals surface area contributed by atoms with Crippen molar-refractivity contribution >= 4 is 0 Å². The Kier molecular flexibility index (Phi) is 1.87. The first-order chi connectivity index (χ1) is 7.62. The first kappa shape index (κ1) is 9.80. The van der Waals surface area contributed by atoms with Crippen molar-refractivity contribution in [3.8, 4) is 6.01 Å². The lowest BCUT2D eigenvalue weighted by Gasteiger charge is -2.19. The van der Waals surface area contributed by atoms with Crippen LogP contribution >= 0.6 is 0 Å². The van der Waals surface area contributed by atoms with Gasteiger partial charge in [-0.3, -0.25) is 9.36 Å². The minimum absolute atomic E-state index is 0.0294. The van der Waals surface area contributed by atoms with Crippen molar-refractivity contribution in [3.05, 3.63) is 22.6 Å². The van der Waals surface area contributed by atoms with Gasteiger partial charge in [0.25, 0.3) is 5.56 Å². The van der Waals surface area contributed by atoms with Gasteiger partial charge in [-0.15, -0.1) is 0 Å². The molecule has 0 radical (unpaired) electrons. The monoisotopic (exact) mass is 224 g/mol. The second-order valence-electron chi connectivity index (χ2n) is 4.37. The molecular weight excluding hydrogens is 212 g/mol. The first-order valence-electron chi connectivity index (χ1n) is 5.17. The molecule has 3 atom stereocenters. The van der Waals surface area contributed by atoms with Gasteiger partial charge in [-0.05, 0) is 6.92 Å². The van der Waals surface area contributed by atoms with Crippen LogP contribution < -0.4 is 10.3 Å². The minimum atomic E-state index is -0.540. The summed E-state index contributed by atoms with van der Waals surface area (Å²) >= 11 is 0. The molecule has 1 saturated heterocycles. The lowest BCUT2D eigenvalue weighted by molar-refractivity contribution is -0.0448. The van der Waals surface area contributed by atoms with Crippen LogP contribution in [0.25, 0.3) is 0 Å². The zero-order valence-electron chi connectivity index (χ0n) is 8.79. The summed E-state index contributed by atoms with van der Waals surface area (Å²) in [7, 11) is 0. The van der Waals surface area contributed by atoms with Crippen LogP contribution in [-0.4, -0.2) is 33.0 Å². The second-order valence-corrected chi connectivity index (χ2v) is 4.37. The fourth-order valence-electron chi connectivity index (χ4n) is 2.35. The van der Waals surface area contributed by atoms with Crippen molar-refractivity contribution in [1.29, 1.82) is 0 Å². The average Bonchev–Trinajstić information content (AvgIpc) is 2.67. The second kappa shape index (κ2) is 3.05. The van der Waals surface area contributed by atoms with Gasteiger partial charge in [0.05, 0.1) is 12.7 Å². The number of aliphatic hydroxyl groups excluding tert-OH is 1. The van der Waals surface area contributed by atoms with Crippen molar-refractivity contribution in [3.63, 3.8) is 0 Å². The molecule has 6 nitrogen and oxygen atoms in total. The molecule has 86 valence electrons. The van der Waals surface area contributed by atoms with Crippen LogP contribution in [0.15, 0.2) is 17.1 Å². The predicted molar refractivity (Wildman–Crippen MR) is 53.1 cm³/mol. The van der Waals surface area contributed by atoms with Crippen molar-refractivity contribution < 1.29 is 14.6 Å². The van der Waals surface area contributed by atoms with Gasteiger partial charge >= 0.3 is 6.01 Å². The van der Waals surface area contributed by atoms with Crippen molar-refractivity contribution in [2.75, 3.05) is 6.61 Å². The first-order valence-corrected chi connectivity index (χ1v) is 5.17. The topological polar surface area (TPSA) is 73.6 Å². The third-order valence-corrected chi connectivity index (χ3v) is 3.06. The van der Waals surface area contributed by atoms with Gasteiger partial charge in [-0.2, -0.15) is 4.98 Å². The number of aliphatic hydroxyl groups is 1. The van der Waals surface area contributed by atoms with Gasteiger partial charge < -0.3 is 14.6 Å². The molecule has 1 aromatic heterocycles. The number of nitrogens with zero attached hydrogens (tertiary/aromatic N) is 2. The predicted octanol–water partition coefficient (Wildman–Crippen LogP) is -0.326. The highest BCUT2D eigenvalue weighted by Gasteiger charge is 2.53. The lowest BCUT2D eigenvalue weighted by Crippen LogP contribution is -2.31. The summed E-state index contributed by atoms with van der Waals surface area (Å²) in [5.74, 6) is 0. The maximum absolute atomic E-state index is 11.1. The van der Waals surface area contributed by atoms with Crippen molar-refractivity contribution in [2.45, 2.75) is 31.3 Å². The quantitative estimate of drug-likeness (QED) is 0.707. The fraction of sp³-hybridized carbons (Fsp3) is 0.600. The fourth-order valence-corrected chi connectivity index (χ4v) is 2.35. The van der Waals surface area contributed by atoms with Crippen LogP contribution in [0.5, 0.6) is 6.01 Å². The molecule has 2 aliphatic heterocycles. The highest BCUT2D eigenvalue weighted by Crippen LogP contribution is 2.46. The Labute approximate surface area is 91.4 Å². The molecule has 0 aliphatic carbocycles. The SMILES string of the molecule is C[C@]12CC(CO)O[C@H]1n1ccc(=O)nc1O2. The molecule has 0 bridgehead atoms. The van der Waals surface area contributed by atoms with E-state index in [1.165, 1.54) is 6.07 Å². The van der Waals surface area contributed by atoms with Gasteiger partial charge in [0.15, 0.2) is 11.8 Å². The molecule has 3 rings (SSSR count). The largest absolute Gasteiger partial charge is 0.453 e. The van der Waals surface area contributed by atoms with E-state index in [1.807, 2.05) is 6.92 Å². The third kappa shape index (κ3) is 1.20. The number of hydrogen-bond donors (Lipinski definition) is 1. The van der Waals surface area contributed by atoms with E-state index in [4.69, 9.17) is 14.6 Å². The van der Waals surface area contributed by atoms with E-state index < -0.39 is 5.60 Å². The Morgan fingerprint density at radius 2 is 2.56 bits per heavy atom. The standard InChI is InChI=1S/C10H12N2O4/c1-10-4-6(5-13)15-8(10)12-3-2-7(14)11-9(12)16-10/h2-3,6,8,13H,4-5H2,1H3/t6?,8-,10+/m1/s1. The van der Waals surface area contributed by atoms with Gasteiger partial charge in [-0.25, -0.2) is 0 Å². The van der Waals surface area contributed by atoms with E-state index in [2.05, 4.69) is 4.98 Å². The van der Waals surface area contributed by atoms with Crippen LogP contribution in [0.3, 0.4) is 0 Å². The molecule has 1 fully saturated rings. The zero-order valence-corrected chi connectivity index (χ0v) is 8.79. The maximum atomic E-state index is 11.1. The van der Waals surface area contributed by atoms with Crippen LogP contribution in [0.1, 0.15) is 19.6 Å². The smallest absolute Gasteiger partial charge is 0.302 e. The Morgan fingerprint density at radius 1 is 1.75 bits per heavy atom. The summed E-state index contributed by atoms with van der Waals surface area (Å²) in [4.78, 5) is 14.9. The molecule has 2 aliphatic rings. The molecule has 1 unspecified atom stereocenters. The van der Waals surface area contributed by atoms with Crippen LogP contribution in [0.2, 0.25) is 0 Å². The highest BCUT2D eigenvalue weighted by molar-refractivity contribution is 5.13. The van der Waals surface area contributed by atoms with Gasteiger partial charge in [-0.1, -0.05) is 0 Å². The summed E-state index contributed by atoms with van der Waals surface area (Å²) in [6.07, 6.45) is 1.67. The molecule has 1 N–H and O–H groups in total. The van der Waals surface area contributed by atoms with E-state index in [-0.39, 0.29) is 30.5 Å². The summed E-state index contributed by atoms with van der Waals surface area (Å²) in [6, 6.07) is 1.66. The average molecular weight is 224 g/mol. The third-order valence-electron chi connectivity index (χ3n) is 3.06. The normalized spacial score (nSPS) is 35.6. The maximum Gasteiger partial charge on any atom is 0.302 e. The van der Waals surface area contributed by atoms with Gasteiger partial charge in [0, 0.05) is 18.7 Å². The molecule has 0 aromatic carbocycles. The number of aromatic nitrogens is 2. The van der Waals surface area contributed by atoms with E-state index in [9.17, 15) is 4.79 Å². The molecule has 0 spiro atoms. The van der Waals surface area contributed by atoms with Crippen molar-refractivity contribution in [1.82, 2.24) is 9.55 Å². The van der Waals surface area contributed by atoms with Crippen molar-refractivity contribution in [2.24, 2.45) is 0 Å².